The van der Waals surface area contributed by atoms with Gasteiger partial charge in [-0.15, -0.1) is 0 Å². The predicted octanol–water partition coefficient (Wildman–Crippen LogP) is -1.48. The summed E-state index contributed by atoms with van der Waals surface area (Å²) in [5.41, 5.74) is -4.40. The Morgan fingerprint density at radius 1 is 1.72 bits per heavy atom. The molecular formula is C10H13FN2O5. The predicted molar refractivity (Wildman–Crippen MR) is 57.8 cm³/mol. The van der Waals surface area contributed by atoms with Gasteiger partial charge in [-0.1, -0.05) is 0 Å². The van der Waals surface area contributed by atoms with Gasteiger partial charge in [-0.05, 0) is 6.92 Å². The number of ether oxygens (including phenoxy) is 1. The van der Waals surface area contributed by atoms with Crippen LogP contribution in [-0.4, -0.2) is 44.2 Å². The number of aromatic nitrogens is 2. The molecule has 0 bridgehead atoms. The van der Waals surface area contributed by atoms with Gasteiger partial charge in [0.2, 0.25) is 0 Å². The summed E-state index contributed by atoms with van der Waals surface area (Å²) in [6.07, 6.45) is -4.81. The Morgan fingerprint density at radius 3 is 2.89 bits per heavy atom. The summed E-state index contributed by atoms with van der Waals surface area (Å²) in [5.74, 6) is 0. The summed E-state index contributed by atoms with van der Waals surface area (Å²) in [6, 6.07) is 0.926. The Kier molecular flexibility index (Phi) is 2.77. The second kappa shape index (κ2) is 4.30. The number of nitrogens with zero attached hydrogens (tertiary/aromatic N) is 1. The molecule has 3 N–H and O–H groups in total. The topological polar surface area (TPSA) is 105 Å². The molecule has 0 saturated carbocycles. The molecule has 8 heteroatoms. The summed E-state index contributed by atoms with van der Waals surface area (Å²) in [6.45, 7) is 0.178. The highest BCUT2D eigenvalue weighted by atomic mass is 19.1. The molecule has 1 saturated heterocycles. The van der Waals surface area contributed by atoms with Crippen molar-refractivity contribution in [1.82, 2.24) is 9.55 Å². The number of hydrogen-bond acceptors (Lipinski definition) is 5. The van der Waals surface area contributed by atoms with Crippen LogP contribution in [-0.2, 0) is 4.74 Å². The number of aliphatic hydroxyl groups is 2. The Morgan fingerprint density at radius 2 is 2.39 bits per heavy atom. The van der Waals surface area contributed by atoms with E-state index >= 15 is 0 Å². The Labute approximate surface area is 102 Å². The van der Waals surface area contributed by atoms with E-state index in [1.54, 1.807) is 0 Å². The SMILES string of the molecule is [2H][C@@]1([15n]2ccc(=O)[15nH][13c]2=O)O[C@H](CO)[C@@H](O)[C@@]1(C)F. The van der Waals surface area contributed by atoms with Crippen LogP contribution in [0.25, 0.3) is 0 Å². The van der Waals surface area contributed by atoms with Crippen LogP contribution < -0.4 is 11.2 Å². The molecule has 1 fully saturated rings. The quantitative estimate of drug-likeness (QED) is 0.604. The number of halogens is 1. The van der Waals surface area contributed by atoms with Crippen LogP contribution in [0.15, 0.2) is 21.9 Å². The van der Waals surface area contributed by atoms with Gasteiger partial charge in [0, 0.05) is 12.3 Å². The molecule has 0 unspecified atom stereocenters. The van der Waals surface area contributed by atoms with Gasteiger partial charge in [0.15, 0.2) is 11.9 Å². The minimum absolute atomic E-state index is 0.521. The van der Waals surface area contributed by atoms with Crippen molar-refractivity contribution in [3.05, 3.63) is 33.1 Å². The van der Waals surface area contributed by atoms with E-state index in [9.17, 15) is 19.1 Å². The average Bonchev–Trinajstić information content (AvgIpc) is 2.50. The van der Waals surface area contributed by atoms with Gasteiger partial charge in [-0.2, -0.15) is 0 Å². The van der Waals surface area contributed by atoms with Crippen molar-refractivity contribution in [3.8, 4) is 0 Å². The number of aromatic amines is 1. The first kappa shape index (κ1) is 11.6. The summed E-state index contributed by atoms with van der Waals surface area (Å²) in [4.78, 5) is 24.4. The Bertz CT molecular complexity index is 600. The van der Waals surface area contributed by atoms with E-state index in [1.165, 1.54) is 0 Å². The maximum atomic E-state index is 14.5. The van der Waals surface area contributed by atoms with E-state index in [0.29, 0.717) is 4.57 Å². The zero-order valence-corrected chi connectivity index (χ0v) is 9.46. The lowest BCUT2D eigenvalue weighted by atomic mass is 9.99. The zero-order valence-electron chi connectivity index (χ0n) is 10.5. The third kappa shape index (κ3) is 1.88. The smallest absolute Gasteiger partial charge is 0.330 e. The molecule has 0 radical (unpaired) electrons. The highest BCUT2D eigenvalue weighted by molar-refractivity contribution is 5.01. The normalized spacial score (nSPS) is 40.8. The molecule has 1 aromatic rings. The molecule has 18 heavy (non-hydrogen) atoms. The minimum Gasteiger partial charge on any atom is -0.394 e. The lowest BCUT2D eigenvalue weighted by Crippen LogP contribution is -2.43. The van der Waals surface area contributed by atoms with Crippen molar-refractivity contribution >= 4 is 0 Å². The first-order valence-electron chi connectivity index (χ1n) is 5.72. The molecule has 2 rings (SSSR count). The van der Waals surface area contributed by atoms with E-state index in [2.05, 4.69) is 0 Å². The summed E-state index contributed by atoms with van der Waals surface area (Å²) in [5, 5.41) is 18.7. The van der Waals surface area contributed by atoms with Gasteiger partial charge in [0.25, 0.3) is 5.56 Å². The fourth-order valence-electron chi connectivity index (χ4n) is 1.81. The van der Waals surface area contributed by atoms with E-state index in [0.717, 1.165) is 19.2 Å². The first-order chi connectivity index (χ1) is 8.74. The van der Waals surface area contributed by atoms with Crippen LogP contribution in [0.5, 0.6) is 0 Å². The second-order valence-corrected chi connectivity index (χ2v) is 4.14. The molecule has 0 aliphatic carbocycles. The van der Waals surface area contributed by atoms with Gasteiger partial charge in [-0.3, -0.25) is 14.3 Å². The van der Waals surface area contributed by atoms with Crippen LogP contribution in [0.4, 0.5) is 4.39 Å². The van der Waals surface area contributed by atoms with E-state index in [1.807, 2.05) is 4.98 Å². The van der Waals surface area contributed by atoms with Crippen LogP contribution in [0, 0.1) is 0 Å². The molecule has 100 valence electrons. The molecule has 0 spiro atoms. The third-order valence-corrected chi connectivity index (χ3v) is 2.81. The zero-order chi connectivity index (χ0) is 14.4. The largest absolute Gasteiger partial charge is 0.394 e. The standard InChI is InChI=1S/C10H13FN2O5/c1-10(11)7(16)5(4-14)18-8(10)13-3-2-6(15)12-9(13)17/h2-3,5,7-8,14,16H,4H2,1H3,(H,12,15,17)/t5-,7-,8-,10-/m1/s1/i8D,9+1,12+1,13+1. The third-order valence-electron chi connectivity index (χ3n) is 2.81. The van der Waals surface area contributed by atoms with Gasteiger partial charge in [0.05, 0.1) is 7.98 Å². The lowest BCUT2D eigenvalue weighted by Gasteiger charge is -2.24. The summed E-state index contributed by atoms with van der Waals surface area (Å²) < 4.78 is 28.0. The molecule has 1 aromatic heterocycles. The molecule has 1 aliphatic heterocycles. The fraction of sp³-hybridized carbons (Fsp3) is 0.600. The average molecular weight is 264 g/mol. The highest BCUT2D eigenvalue weighted by Gasteiger charge is 2.54. The van der Waals surface area contributed by atoms with Gasteiger partial charge in [0.1, 0.15) is 12.2 Å². The molecule has 0 aromatic carbocycles. The number of rotatable bonds is 2. The molecule has 4 atom stereocenters. The molecule has 1 aliphatic rings. The van der Waals surface area contributed by atoms with Crippen molar-refractivity contribution in [3.63, 3.8) is 0 Å². The van der Waals surface area contributed by atoms with Crippen LogP contribution in [0.2, 0.25) is 0 Å². The van der Waals surface area contributed by atoms with Crippen molar-refractivity contribution in [2.24, 2.45) is 0 Å². The summed E-state index contributed by atoms with van der Waals surface area (Å²) in [7, 11) is 0. The molecule has 0 amide bonds. The molecule has 2 heterocycles. The fourth-order valence-corrected chi connectivity index (χ4v) is 1.81. The molecule has 7 nitrogen and oxygen atoms in total. The van der Waals surface area contributed by atoms with E-state index in [-0.39, 0.29) is 0 Å². The minimum atomic E-state index is -2.65. The number of hydrogen-bond donors (Lipinski definition) is 3. The Balaban J connectivity index is 2.59. The van der Waals surface area contributed by atoms with Gasteiger partial charge >= 0.3 is 5.69 Å². The molecular weight excluding hydrogens is 250 g/mol. The monoisotopic (exact) mass is 264 g/mol. The summed E-state index contributed by atoms with van der Waals surface area (Å²) >= 11 is 0. The van der Waals surface area contributed by atoms with Crippen molar-refractivity contribution in [2.75, 3.05) is 6.61 Å². The van der Waals surface area contributed by atoms with E-state index in [4.69, 9.17) is 11.2 Å². The van der Waals surface area contributed by atoms with Crippen molar-refractivity contribution < 1.29 is 20.7 Å². The van der Waals surface area contributed by atoms with Crippen LogP contribution in [0.1, 0.15) is 14.5 Å². The van der Waals surface area contributed by atoms with Gasteiger partial charge in [-0.25, -0.2) is 9.18 Å². The Hall–Kier alpha value is -1.51. The second-order valence-electron chi connectivity index (χ2n) is 4.14. The van der Waals surface area contributed by atoms with Crippen LogP contribution in [0.3, 0.4) is 0 Å². The maximum Gasteiger partial charge on any atom is 0.330 e. The number of alkyl halides is 1. The van der Waals surface area contributed by atoms with Crippen LogP contribution >= 0.6 is 0 Å². The number of nitrogens with one attached hydrogen (secondary N) is 1. The van der Waals surface area contributed by atoms with Crippen molar-refractivity contribution in [2.45, 2.75) is 31.0 Å². The van der Waals surface area contributed by atoms with Crippen molar-refractivity contribution in [1.29, 1.82) is 0 Å². The van der Waals surface area contributed by atoms with Gasteiger partial charge < -0.3 is 14.9 Å². The maximum absolute atomic E-state index is 14.5. The number of H-pyrrole nitrogens is 1. The van der Waals surface area contributed by atoms with E-state index < -0.39 is 41.9 Å². The first-order valence-corrected chi connectivity index (χ1v) is 5.22. The highest BCUT2D eigenvalue weighted by Crippen LogP contribution is 2.40. The number of aliphatic hydroxyl groups excluding tert-OH is 2. The lowest BCUT2D eigenvalue weighted by molar-refractivity contribution is -0.0611.